The van der Waals surface area contributed by atoms with Crippen LogP contribution in [0.1, 0.15) is 105 Å². The van der Waals surface area contributed by atoms with Gasteiger partial charge in [-0.15, -0.1) is 0 Å². The minimum absolute atomic E-state index is 0.365. The Morgan fingerprint density at radius 2 is 1.42 bits per heavy atom. The van der Waals surface area contributed by atoms with Crippen molar-refractivity contribution in [2.75, 3.05) is 19.0 Å². The maximum Gasteiger partial charge on any atom is 0.388 e. The van der Waals surface area contributed by atoms with Crippen LogP contribution in [0.15, 0.2) is 0 Å². The van der Waals surface area contributed by atoms with Crippen molar-refractivity contribution >= 4 is 26.2 Å². The molecular weight excluding hydrogens is 360 g/mol. The number of hydrogen-bond donors (Lipinski definition) is 0. The van der Waals surface area contributed by atoms with E-state index in [1.807, 2.05) is 0 Å². The van der Waals surface area contributed by atoms with Gasteiger partial charge in [0.2, 0.25) is 0 Å². The lowest BCUT2D eigenvalue weighted by Gasteiger charge is -2.24. The van der Waals surface area contributed by atoms with Crippen LogP contribution in [-0.2, 0) is 13.6 Å². The van der Waals surface area contributed by atoms with Crippen LogP contribution in [0.25, 0.3) is 0 Å². The monoisotopic (exact) mass is 403 g/mol. The third-order valence-electron chi connectivity index (χ3n) is 4.42. The van der Waals surface area contributed by atoms with Crippen LogP contribution in [-0.4, -0.2) is 33.4 Å². The van der Waals surface area contributed by atoms with Gasteiger partial charge < -0.3 is 8.85 Å². The molecule has 0 rings (SSSR count). The standard InChI is InChI=1S/C21H43O3SSi/c1-5-9-12-13-15-21(22)25-19-16-20(14-8-4)26(23-17-10-6-2)24-18-11-7-3/h20H,5-19H2,1-4H3. The third-order valence-corrected chi connectivity index (χ3v) is 7.61. The SMILES string of the molecule is CCCCCCC(=O)SCCC(CCC)[Si](OCCCC)OCCCC. The second-order valence-corrected chi connectivity index (χ2v) is 10.2. The Kier molecular flexibility index (Phi) is 20.0. The Bertz CT molecular complexity index is 306. The number of unbranched alkanes of at least 4 members (excludes halogenated alkanes) is 5. The van der Waals surface area contributed by atoms with E-state index < -0.39 is 9.28 Å². The average molecular weight is 404 g/mol. The lowest BCUT2D eigenvalue weighted by atomic mass is 10.2. The van der Waals surface area contributed by atoms with Gasteiger partial charge in [-0.25, -0.2) is 0 Å². The molecule has 1 atom stereocenters. The first kappa shape index (κ1) is 26.2. The van der Waals surface area contributed by atoms with Gasteiger partial charge in [0.25, 0.3) is 0 Å². The largest absolute Gasteiger partial charge is 0.393 e. The predicted molar refractivity (Wildman–Crippen MR) is 117 cm³/mol. The molecule has 0 aliphatic rings. The van der Waals surface area contributed by atoms with Crippen LogP contribution in [0, 0.1) is 0 Å². The van der Waals surface area contributed by atoms with Crippen molar-refractivity contribution in [2.24, 2.45) is 0 Å². The first-order valence-corrected chi connectivity index (χ1v) is 13.3. The van der Waals surface area contributed by atoms with Crippen LogP contribution >= 0.6 is 11.8 Å². The van der Waals surface area contributed by atoms with E-state index in [0.29, 0.717) is 10.7 Å². The molecule has 0 spiro atoms. The highest BCUT2D eigenvalue weighted by Gasteiger charge is 2.27. The summed E-state index contributed by atoms with van der Waals surface area (Å²) in [4.78, 5) is 12.0. The van der Waals surface area contributed by atoms with E-state index in [9.17, 15) is 4.79 Å². The summed E-state index contributed by atoms with van der Waals surface area (Å²) in [7, 11) is -1.24. The number of carbonyl (C=O) groups excluding carboxylic acids is 1. The summed E-state index contributed by atoms with van der Waals surface area (Å²) in [6.07, 6.45) is 13.3. The predicted octanol–water partition coefficient (Wildman–Crippen LogP) is 6.90. The topological polar surface area (TPSA) is 35.5 Å². The fourth-order valence-electron chi connectivity index (χ4n) is 2.72. The second-order valence-electron chi connectivity index (χ2n) is 7.03. The van der Waals surface area contributed by atoms with E-state index in [1.54, 1.807) is 0 Å². The van der Waals surface area contributed by atoms with E-state index in [4.69, 9.17) is 8.85 Å². The number of rotatable bonds is 19. The molecule has 0 bridgehead atoms. The van der Waals surface area contributed by atoms with Crippen LogP contribution in [0.4, 0.5) is 0 Å². The van der Waals surface area contributed by atoms with Gasteiger partial charge in [0.05, 0.1) is 0 Å². The zero-order valence-electron chi connectivity index (χ0n) is 17.8. The van der Waals surface area contributed by atoms with E-state index in [-0.39, 0.29) is 0 Å². The summed E-state index contributed by atoms with van der Waals surface area (Å²) in [6, 6.07) is 0. The summed E-state index contributed by atoms with van der Waals surface area (Å²) < 4.78 is 12.4. The Morgan fingerprint density at radius 3 is 1.96 bits per heavy atom. The molecule has 0 aromatic rings. The molecule has 0 aliphatic heterocycles. The van der Waals surface area contributed by atoms with Gasteiger partial charge in [0.15, 0.2) is 5.12 Å². The molecule has 0 N–H and O–H groups in total. The van der Waals surface area contributed by atoms with E-state index in [2.05, 4.69) is 27.7 Å². The van der Waals surface area contributed by atoms with E-state index >= 15 is 0 Å². The molecule has 26 heavy (non-hydrogen) atoms. The van der Waals surface area contributed by atoms with Gasteiger partial charge in [0, 0.05) is 30.9 Å². The van der Waals surface area contributed by atoms with Crippen molar-refractivity contribution in [3.8, 4) is 0 Å². The molecule has 0 fully saturated rings. The molecule has 155 valence electrons. The number of thioether (sulfide) groups is 1. The zero-order chi connectivity index (χ0) is 19.5. The Balaban J connectivity index is 4.30. The normalized spacial score (nSPS) is 12.7. The van der Waals surface area contributed by atoms with Gasteiger partial charge in [-0.05, 0) is 32.1 Å². The van der Waals surface area contributed by atoms with E-state index in [0.717, 1.165) is 76.8 Å². The van der Waals surface area contributed by atoms with Crippen LogP contribution < -0.4 is 0 Å². The molecule has 0 heterocycles. The molecule has 0 saturated carbocycles. The Morgan fingerprint density at radius 1 is 0.808 bits per heavy atom. The molecule has 0 aliphatic carbocycles. The molecular formula is C21H43O3SSi. The summed E-state index contributed by atoms with van der Waals surface area (Å²) in [5, 5.41) is 0.365. The lowest BCUT2D eigenvalue weighted by molar-refractivity contribution is -0.111. The first-order chi connectivity index (χ1) is 12.7. The summed E-state index contributed by atoms with van der Waals surface area (Å²) in [5.41, 5.74) is 0.499. The maximum atomic E-state index is 12.0. The van der Waals surface area contributed by atoms with E-state index in [1.165, 1.54) is 31.0 Å². The Hall–Kier alpha value is 0.157. The van der Waals surface area contributed by atoms with Crippen molar-refractivity contribution in [3.05, 3.63) is 0 Å². The average Bonchev–Trinajstić information content (AvgIpc) is 2.63. The fourth-order valence-corrected chi connectivity index (χ4v) is 6.00. The molecule has 0 aromatic heterocycles. The molecule has 0 amide bonds. The minimum atomic E-state index is -1.24. The zero-order valence-corrected chi connectivity index (χ0v) is 19.6. The van der Waals surface area contributed by atoms with Crippen molar-refractivity contribution in [1.82, 2.24) is 0 Å². The van der Waals surface area contributed by atoms with Crippen LogP contribution in [0.3, 0.4) is 0 Å². The molecule has 1 unspecified atom stereocenters. The summed E-state index contributed by atoms with van der Waals surface area (Å²) in [5.74, 6) is 0.916. The minimum Gasteiger partial charge on any atom is -0.393 e. The van der Waals surface area contributed by atoms with Gasteiger partial charge in [-0.2, -0.15) is 0 Å². The summed E-state index contributed by atoms with van der Waals surface area (Å²) in [6.45, 7) is 10.5. The second kappa shape index (κ2) is 19.9. The van der Waals surface area contributed by atoms with Crippen molar-refractivity contribution in [2.45, 2.75) is 110 Å². The maximum absolute atomic E-state index is 12.0. The van der Waals surface area contributed by atoms with Gasteiger partial charge in [-0.1, -0.05) is 78.0 Å². The summed E-state index contributed by atoms with van der Waals surface area (Å²) >= 11 is 1.53. The quantitative estimate of drug-likeness (QED) is 0.174. The van der Waals surface area contributed by atoms with Crippen molar-refractivity contribution in [1.29, 1.82) is 0 Å². The molecule has 3 nitrogen and oxygen atoms in total. The fraction of sp³-hybridized carbons (Fsp3) is 0.952. The Labute approximate surface area is 169 Å². The highest BCUT2D eigenvalue weighted by molar-refractivity contribution is 8.13. The smallest absolute Gasteiger partial charge is 0.388 e. The van der Waals surface area contributed by atoms with Gasteiger partial charge in [-0.3, -0.25) is 4.79 Å². The number of carbonyl (C=O) groups is 1. The third kappa shape index (κ3) is 15.2. The first-order valence-electron chi connectivity index (χ1n) is 11.0. The van der Waals surface area contributed by atoms with Crippen LogP contribution in [0.5, 0.6) is 0 Å². The van der Waals surface area contributed by atoms with Crippen molar-refractivity contribution < 1.29 is 13.6 Å². The highest BCUT2D eigenvalue weighted by Crippen LogP contribution is 2.27. The van der Waals surface area contributed by atoms with Gasteiger partial charge in [0.1, 0.15) is 0 Å². The van der Waals surface area contributed by atoms with Crippen LogP contribution in [0.2, 0.25) is 5.54 Å². The lowest BCUT2D eigenvalue weighted by Crippen LogP contribution is -2.30. The highest BCUT2D eigenvalue weighted by atomic mass is 32.2. The van der Waals surface area contributed by atoms with Gasteiger partial charge >= 0.3 is 9.28 Å². The molecule has 0 aromatic carbocycles. The molecule has 5 heteroatoms. The molecule has 0 saturated heterocycles. The number of hydrogen-bond acceptors (Lipinski definition) is 4. The van der Waals surface area contributed by atoms with Crippen molar-refractivity contribution in [3.63, 3.8) is 0 Å². The molecule has 1 radical (unpaired) electrons.